The number of benzene rings is 1. The van der Waals surface area contributed by atoms with E-state index >= 15 is 0 Å². The maximum absolute atomic E-state index is 13.1. The van der Waals surface area contributed by atoms with E-state index in [0.717, 1.165) is 0 Å². The second-order valence-electron chi connectivity index (χ2n) is 2.16. The Morgan fingerprint density at radius 3 is 2.57 bits per heavy atom. The van der Waals surface area contributed by atoms with Crippen LogP contribution in [0.15, 0.2) is 16.6 Å². The zero-order chi connectivity index (χ0) is 10.0. The number of nitrogen functional groups attached to an aromatic ring is 1. The van der Waals surface area contributed by atoms with E-state index in [9.17, 15) is 14.5 Å². The monoisotopic (exact) mass is 285 g/mol. The van der Waals surface area contributed by atoms with Gasteiger partial charge in [-0.1, -0.05) is 0 Å². The van der Waals surface area contributed by atoms with E-state index in [0.29, 0.717) is 0 Å². The van der Waals surface area contributed by atoms with Crippen LogP contribution in [0.5, 0.6) is 0 Å². The molecule has 0 aliphatic carbocycles. The average Bonchev–Trinajstić information content (AvgIpc) is 2.08. The van der Waals surface area contributed by atoms with Gasteiger partial charge in [0.2, 0.25) is 5.82 Å². The second kappa shape index (κ2) is 5.08. The van der Waals surface area contributed by atoms with E-state index in [4.69, 9.17) is 5.84 Å². The van der Waals surface area contributed by atoms with E-state index in [2.05, 4.69) is 15.9 Å². The largest absolute Gasteiger partial charge is 0.330 e. The van der Waals surface area contributed by atoms with Gasteiger partial charge in [-0.15, -0.1) is 12.4 Å². The Hall–Kier alpha value is -0.920. The molecule has 0 saturated heterocycles. The number of hydrogen-bond acceptors (Lipinski definition) is 4. The zero-order valence-corrected chi connectivity index (χ0v) is 9.06. The number of nitro groups is 1. The van der Waals surface area contributed by atoms with Gasteiger partial charge >= 0.3 is 5.69 Å². The summed E-state index contributed by atoms with van der Waals surface area (Å²) in [6.07, 6.45) is 0. The van der Waals surface area contributed by atoms with Crippen LogP contribution in [0.4, 0.5) is 15.8 Å². The Balaban J connectivity index is 0.00000169. The minimum absolute atomic E-state index is 0. The van der Waals surface area contributed by atoms with E-state index in [1.165, 1.54) is 12.1 Å². The van der Waals surface area contributed by atoms with Gasteiger partial charge in [0.1, 0.15) is 5.69 Å². The van der Waals surface area contributed by atoms with Crippen molar-refractivity contribution in [3.8, 4) is 0 Å². The van der Waals surface area contributed by atoms with Crippen molar-refractivity contribution in [2.45, 2.75) is 0 Å². The molecular formula is C6H6BrClFN3O2. The molecule has 0 aliphatic heterocycles. The van der Waals surface area contributed by atoms with Gasteiger partial charge in [0.05, 0.1) is 9.40 Å². The van der Waals surface area contributed by atoms with Gasteiger partial charge in [-0.25, -0.2) is 0 Å². The smallest absolute Gasteiger partial charge is 0.318 e. The molecule has 0 aromatic heterocycles. The molecule has 0 unspecified atom stereocenters. The number of rotatable bonds is 2. The number of nitro benzene ring substituents is 1. The lowest BCUT2D eigenvalue weighted by Crippen LogP contribution is -2.10. The van der Waals surface area contributed by atoms with Crippen molar-refractivity contribution in [3.63, 3.8) is 0 Å². The third-order valence-electron chi connectivity index (χ3n) is 1.41. The summed E-state index contributed by atoms with van der Waals surface area (Å²) in [5.74, 6) is 4.03. The minimum atomic E-state index is -0.944. The third-order valence-corrected chi connectivity index (χ3v) is 2.02. The number of nitrogens with zero attached hydrogens (tertiary/aromatic N) is 1. The van der Waals surface area contributed by atoms with Crippen LogP contribution < -0.4 is 11.3 Å². The Kier molecular flexibility index (Phi) is 4.75. The number of nitrogens with two attached hydrogens (primary N) is 1. The molecule has 0 aliphatic rings. The summed E-state index contributed by atoms with van der Waals surface area (Å²) in [6.45, 7) is 0. The highest BCUT2D eigenvalue weighted by atomic mass is 79.9. The summed E-state index contributed by atoms with van der Waals surface area (Å²) < 4.78 is 13.1. The fourth-order valence-corrected chi connectivity index (χ4v) is 1.15. The van der Waals surface area contributed by atoms with Gasteiger partial charge in [0.15, 0.2) is 0 Å². The summed E-state index contributed by atoms with van der Waals surface area (Å²) in [4.78, 5) is 9.56. The van der Waals surface area contributed by atoms with Gasteiger partial charge in [-0.2, -0.15) is 4.39 Å². The van der Waals surface area contributed by atoms with Gasteiger partial charge in [0.25, 0.3) is 0 Å². The van der Waals surface area contributed by atoms with E-state index in [1.54, 1.807) is 0 Å². The van der Waals surface area contributed by atoms with E-state index in [-0.39, 0.29) is 22.6 Å². The van der Waals surface area contributed by atoms with Crippen LogP contribution in [0.2, 0.25) is 0 Å². The number of anilines is 1. The lowest BCUT2D eigenvalue weighted by molar-refractivity contribution is -0.386. The third kappa shape index (κ3) is 2.31. The summed E-state index contributed by atoms with van der Waals surface area (Å²) in [5, 5.41) is 10.4. The van der Waals surface area contributed by atoms with Crippen LogP contribution in [0.3, 0.4) is 0 Å². The molecule has 0 heterocycles. The summed E-state index contributed by atoms with van der Waals surface area (Å²) >= 11 is 2.83. The average molecular weight is 286 g/mol. The van der Waals surface area contributed by atoms with Crippen molar-refractivity contribution in [2.24, 2.45) is 5.84 Å². The van der Waals surface area contributed by atoms with Crippen molar-refractivity contribution < 1.29 is 9.31 Å². The molecule has 0 radical (unpaired) electrons. The molecule has 0 atom stereocenters. The molecular weight excluding hydrogens is 280 g/mol. The number of hydrazine groups is 1. The maximum Gasteiger partial charge on any atom is 0.330 e. The highest BCUT2D eigenvalue weighted by Crippen LogP contribution is 2.31. The number of hydrogen-bond donors (Lipinski definition) is 2. The molecule has 1 rings (SSSR count). The molecule has 3 N–H and O–H groups in total. The Morgan fingerprint density at radius 2 is 2.14 bits per heavy atom. The minimum Gasteiger partial charge on any atom is -0.318 e. The molecule has 0 amide bonds. The first-order valence-electron chi connectivity index (χ1n) is 3.17. The second-order valence-corrected chi connectivity index (χ2v) is 3.01. The van der Waals surface area contributed by atoms with E-state index < -0.39 is 16.4 Å². The molecule has 0 spiro atoms. The first-order chi connectivity index (χ1) is 6.07. The first kappa shape index (κ1) is 13.1. The van der Waals surface area contributed by atoms with Crippen molar-refractivity contribution in [1.29, 1.82) is 0 Å². The maximum atomic E-state index is 13.1. The summed E-state index contributed by atoms with van der Waals surface area (Å²) in [7, 11) is 0. The van der Waals surface area contributed by atoms with Gasteiger partial charge < -0.3 is 5.43 Å². The summed E-state index contributed by atoms with van der Waals surface area (Å²) in [6, 6.07) is 2.64. The normalized spacial score (nSPS) is 9.07. The fourth-order valence-electron chi connectivity index (χ4n) is 0.835. The van der Waals surface area contributed by atoms with E-state index in [1.807, 2.05) is 5.43 Å². The first-order valence-corrected chi connectivity index (χ1v) is 3.96. The topological polar surface area (TPSA) is 81.2 Å². The van der Waals surface area contributed by atoms with Crippen molar-refractivity contribution in [1.82, 2.24) is 0 Å². The molecule has 0 saturated carbocycles. The molecule has 0 fully saturated rings. The molecule has 14 heavy (non-hydrogen) atoms. The van der Waals surface area contributed by atoms with Crippen molar-refractivity contribution in [3.05, 3.63) is 32.5 Å². The van der Waals surface area contributed by atoms with Crippen LogP contribution in [0.1, 0.15) is 0 Å². The van der Waals surface area contributed by atoms with Crippen LogP contribution in [0.25, 0.3) is 0 Å². The predicted molar refractivity (Wildman–Crippen MR) is 55.8 cm³/mol. The lowest BCUT2D eigenvalue weighted by atomic mass is 10.2. The molecule has 0 bridgehead atoms. The molecule has 1 aromatic rings. The predicted octanol–water partition coefficient (Wildman–Crippen LogP) is 2.20. The number of halogens is 3. The highest BCUT2D eigenvalue weighted by molar-refractivity contribution is 9.10. The highest BCUT2D eigenvalue weighted by Gasteiger charge is 2.21. The van der Waals surface area contributed by atoms with Crippen LogP contribution in [-0.2, 0) is 0 Å². The molecule has 78 valence electrons. The Morgan fingerprint density at radius 1 is 1.57 bits per heavy atom. The fraction of sp³-hybridized carbons (Fsp3) is 0. The van der Waals surface area contributed by atoms with Gasteiger partial charge in [-0.05, 0) is 28.1 Å². The van der Waals surface area contributed by atoms with Gasteiger partial charge in [0, 0.05) is 0 Å². The van der Waals surface area contributed by atoms with Crippen LogP contribution in [0, 0.1) is 15.9 Å². The molecule has 8 heteroatoms. The Bertz CT molecular complexity index is 363. The molecule has 1 aromatic carbocycles. The lowest BCUT2D eigenvalue weighted by Gasteiger charge is -2.02. The van der Waals surface area contributed by atoms with Crippen molar-refractivity contribution in [2.75, 3.05) is 5.43 Å². The van der Waals surface area contributed by atoms with Crippen molar-refractivity contribution >= 4 is 39.7 Å². The van der Waals surface area contributed by atoms with Crippen LogP contribution in [-0.4, -0.2) is 4.92 Å². The standard InChI is InChI=1S/C6H5BrFN3O2.ClH/c7-3-1-2-4(10-9)6(5(3)8)11(12)13;/h1-2,10H,9H2;1H. The summed E-state index contributed by atoms with van der Waals surface area (Å²) in [5.41, 5.74) is 1.31. The van der Waals surface area contributed by atoms with Gasteiger partial charge in [-0.3, -0.25) is 16.0 Å². The molecule has 5 nitrogen and oxygen atoms in total. The SMILES string of the molecule is Cl.NNc1ccc(Br)c(F)c1[N+](=O)[O-]. The number of nitrogens with one attached hydrogen (secondary N) is 1. The zero-order valence-electron chi connectivity index (χ0n) is 6.66. The quantitative estimate of drug-likeness (QED) is 0.496. The van der Waals surface area contributed by atoms with Crippen LogP contribution >= 0.6 is 28.3 Å². The Labute approximate surface area is 93.1 Å².